The van der Waals surface area contributed by atoms with Gasteiger partial charge in [-0.25, -0.2) is 0 Å². The molecule has 1 aromatic rings. The second-order valence-corrected chi connectivity index (χ2v) is 8.19. The number of amides is 1. The van der Waals surface area contributed by atoms with Gasteiger partial charge in [0, 0.05) is 12.6 Å². The zero-order valence-corrected chi connectivity index (χ0v) is 15.9. The van der Waals surface area contributed by atoms with Crippen LogP contribution in [0.25, 0.3) is 0 Å². The van der Waals surface area contributed by atoms with Crippen molar-refractivity contribution < 1.29 is 14.3 Å². The van der Waals surface area contributed by atoms with Gasteiger partial charge < -0.3 is 14.8 Å². The van der Waals surface area contributed by atoms with Crippen LogP contribution in [0.3, 0.4) is 0 Å². The van der Waals surface area contributed by atoms with Crippen molar-refractivity contribution in [1.29, 1.82) is 0 Å². The van der Waals surface area contributed by atoms with Crippen molar-refractivity contribution in [2.24, 2.45) is 17.8 Å². The van der Waals surface area contributed by atoms with Crippen molar-refractivity contribution in [2.75, 3.05) is 19.9 Å². The average Bonchev–Trinajstić information content (AvgIpc) is 3.36. The lowest BCUT2D eigenvalue weighted by Gasteiger charge is -2.29. The Kier molecular flexibility index (Phi) is 5.07. The van der Waals surface area contributed by atoms with E-state index in [0.717, 1.165) is 42.0 Å². The first-order valence-electron chi connectivity index (χ1n) is 10.0. The summed E-state index contributed by atoms with van der Waals surface area (Å²) < 4.78 is 10.8. The maximum absolute atomic E-state index is 12.6. The van der Waals surface area contributed by atoms with Crippen LogP contribution in [-0.4, -0.2) is 36.7 Å². The molecular formula is C21H30N2O3. The standard InChI is InChI=1S/C21H30N2O3/c1-3-23(11-16-5-7-19-20(10-16)26-13-25-19)12-21(24)22-14(2)18-9-15-4-6-17(18)8-15/h5,7,10,14-15,17-18H,3-4,6,8-9,11-13H2,1-2H3,(H,22,24). The molecule has 1 heterocycles. The van der Waals surface area contributed by atoms with Crippen LogP contribution in [-0.2, 0) is 11.3 Å². The van der Waals surface area contributed by atoms with E-state index in [-0.39, 0.29) is 5.91 Å². The quantitative estimate of drug-likeness (QED) is 0.813. The molecule has 1 amide bonds. The smallest absolute Gasteiger partial charge is 0.234 e. The highest BCUT2D eigenvalue weighted by atomic mass is 16.7. The van der Waals surface area contributed by atoms with E-state index >= 15 is 0 Å². The number of hydrogen-bond donors (Lipinski definition) is 1. The highest BCUT2D eigenvalue weighted by molar-refractivity contribution is 5.78. The van der Waals surface area contributed by atoms with Gasteiger partial charge in [-0.15, -0.1) is 0 Å². The van der Waals surface area contributed by atoms with Crippen LogP contribution < -0.4 is 14.8 Å². The Labute approximate surface area is 156 Å². The molecule has 2 bridgehead atoms. The Hall–Kier alpha value is -1.75. The zero-order valence-electron chi connectivity index (χ0n) is 15.9. The highest BCUT2D eigenvalue weighted by Gasteiger charge is 2.42. The fourth-order valence-electron chi connectivity index (χ4n) is 5.09. The first-order chi connectivity index (χ1) is 12.6. The molecule has 0 saturated heterocycles. The van der Waals surface area contributed by atoms with Crippen LogP contribution in [0, 0.1) is 17.8 Å². The molecule has 26 heavy (non-hydrogen) atoms. The van der Waals surface area contributed by atoms with E-state index in [1.54, 1.807) is 0 Å². The number of likely N-dealkylation sites (N-methyl/N-ethyl adjacent to an activating group) is 1. The lowest BCUT2D eigenvalue weighted by atomic mass is 9.84. The summed E-state index contributed by atoms with van der Waals surface area (Å²) in [7, 11) is 0. The van der Waals surface area contributed by atoms with Crippen LogP contribution in [0.1, 0.15) is 45.1 Å². The molecule has 4 rings (SSSR count). The fourth-order valence-corrected chi connectivity index (χ4v) is 5.09. The minimum Gasteiger partial charge on any atom is -0.454 e. The SMILES string of the molecule is CCN(CC(=O)NC(C)C1CC2CCC1C2)Cc1ccc2c(c1)OCO2. The van der Waals surface area contributed by atoms with Crippen LogP contribution in [0.15, 0.2) is 18.2 Å². The first-order valence-corrected chi connectivity index (χ1v) is 10.0. The molecule has 1 N–H and O–H groups in total. The van der Waals surface area contributed by atoms with Crippen LogP contribution in [0.5, 0.6) is 11.5 Å². The fraction of sp³-hybridized carbons (Fsp3) is 0.667. The second kappa shape index (κ2) is 7.47. The molecule has 0 spiro atoms. The van der Waals surface area contributed by atoms with E-state index in [1.807, 2.05) is 18.2 Å². The summed E-state index contributed by atoms with van der Waals surface area (Å²) in [4.78, 5) is 14.7. The molecule has 3 aliphatic rings. The molecule has 4 atom stereocenters. The van der Waals surface area contributed by atoms with E-state index in [9.17, 15) is 4.79 Å². The van der Waals surface area contributed by atoms with Gasteiger partial charge in [0.05, 0.1) is 6.54 Å². The van der Waals surface area contributed by atoms with Crippen molar-refractivity contribution in [3.8, 4) is 11.5 Å². The summed E-state index contributed by atoms with van der Waals surface area (Å²) in [6.07, 6.45) is 5.46. The molecule has 0 aromatic heterocycles. The summed E-state index contributed by atoms with van der Waals surface area (Å²) in [5, 5.41) is 3.27. The lowest BCUT2D eigenvalue weighted by Crippen LogP contribution is -2.44. The molecule has 2 saturated carbocycles. The largest absolute Gasteiger partial charge is 0.454 e. The Morgan fingerprint density at radius 2 is 2.12 bits per heavy atom. The molecule has 4 unspecified atom stereocenters. The Morgan fingerprint density at radius 1 is 1.27 bits per heavy atom. The summed E-state index contributed by atoms with van der Waals surface area (Å²) in [6, 6.07) is 6.30. The summed E-state index contributed by atoms with van der Waals surface area (Å²) in [5.41, 5.74) is 1.14. The molecule has 2 aliphatic carbocycles. The van der Waals surface area contributed by atoms with Gasteiger partial charge in [0.2, 0.25) is 12.7 Å². The molecule has 2 fully saturated rings. The number of nitrogens with zero attached hydrogens (tertiary/aromatic N) is 1. The summed E-state index contributed by atoms with van der Waals surface area (Å²) >= 11 is 0. The molecule has 142 valence electrons. The van der Waals surface area contributed by atoms with Crippen molar-refractivity contribution in [3.63, 3.8) is 0 Å². The third-order valence-electron chi connectivity index (χ3n) is 6.48. The minimum absolute atomic E-state index is 0.142. The number of rotatable bonds is 7. The monoisotopic (exact) mass is 358 g/mol. The van der Waals surface area contributed by atoms with E-state index in [4.69, 9.17) is 9.47 Å². The molecule has 1 aromatic carbocycles. The minimum atomic E-state index is 0.142. The lowest BCUT2D eigenvalue weighted by molar-refractivity contribution is -0.123. The Bertz CT molecular complexity index is 663. The van der Waals surface area contributed by atoms with Crippen molar-refractivity contribution in [3.05, 3.63) is 23.8 Å². The van der Waals surface area contributed by atoms with E-state index in [2.05, 4.69) is 24.1 Å². The summed E-state index contributed by atoms with van der Waals surface area (Å²) in [6.45, 7) is 6.60. The summed E-state index contributed by atoms with van der Waals surface area (Å²) in [5.74, 6) is 4.18. The number of carbonyl (C=O) groups excluding carboxylic acids is 1. The zero-order chi connectivity index (χ0) is 18.1. The first kappa shape index (κ1) is 17.7. The molecule has 1 aliphatic heterocycles. The third-order valence-corrected chi connectivity index (χ3v) is 6.48. The third kappa shape index (κ3) is 3.68. The number of benzene rings is 1. The van der Waals surface area contributed by atoms with Gasteiger partial charge in [-0.05, 0) is 68.2 Å². The number of fused-ring (bicyclic) bond motifs is 3. The molecule has 0 radical (unpaired) electrons. The van der Waals surface area contributed by atoms with Gasteiger partial charge in [-0.1, -0.05) is 19.4 Å². The predicted octanol–water partition coefficient (Wildman–Crippen LogP) is 3.18. The van der Waals surface area contributed by atoms with E-state index in [0.29, 0.717) is 25.3 Å². The average molecular weight is 358 g/mol. The second-order valence-electron chi connectivity index (χ2n) is 8.19. The number of hydrogen-bond acceptors (Lipinski definition) is 4. The maximum atomic E-state index is 12.6. The maximum Gasteiger partial charge on any atom is 0.234 e. The highest BCUT2D eigenvalue weighted by Crippen LogP contribution is 2.49. The Balaban J connectivity index is 1.29. The molecular weight excluding hydrogens is 328 g/mol. The van der Waals surface area contributed by atoms with Gasteiger partial charge in [0.1, 0.15) is 0 Å². The van der Waals surface area contributed by atoms with Gasteiger partial charge in [-0.2, -0.15) is 0 Å². The van der Waals surface area contributed by atoms with Crippen LogP contribution in [0.4, 0.5) is 0 Å². The van der Waals surface area contributed by atoms with Crippen LogP contribution >= 0.6 is 0 Å². The van der Waals surface area contributed by atoms with Gasteiger partial charge >= 0.3 is 0 Å². The number of ether oxygens (including phenoxy) is 2. The van der Waals surface area contributed by atoms with Crippen molar-refractivity contribution in [1.82, 2.24) is 10.2 Å². The van der Waals surface area contributed by atoms with Crippen LogP contribution in [0.2, 0.25) is 0 Å². The molecule has 5 nitrogen and oxygen atoms in total. The van der Waals surface area contributed by atoms with E-state index < -0.39 is 0 Å². The van der Waals surface area contributed by atoms with Crippen molar-refractivity contribution >= 4 is 5.91 Å². The van der Waals surface area contributed by atoms with Gasteiger partial charge in [-0.3, -0.25) is 9.69 Å². The normalized spacial score (nSPS) is 27.1. The number of carbonyl (C=O) groups is 1. The van der Waals surface area contributed by atoms with E-state index in [1.165, 1.54) is 25.7 Å². The topological polar surface area (TPSA) is 50.8 Å². The predicted molar refractivity (Wildman–Crippen MR) is 100 cm³/mol. The Morgan fingerprint density at radius 3 is 2.85 bits per heavy atom. The number of nitrogens with one attached hydrogen (secondary N) is 1. The van der Waals surface area contributed by atoms with Crippen molar-refractivity contribution in [2.45, 2.75) is 52.1 Å². The van der Waals surface area contributed by atoms with Gasteiger partial charge in [0.25, 0.3) is 0 Å². The molecule has 5 heteroatoms. The van der Waals surface area contributed by atoms with Gasteiger partial charge in [0.15, 0.2) is 11.5 Å².